The first kappa shape index (κ1) is 23.0. The van der Waals surface area contributed by atoms with Gasteiger partial charge in [-0.3, -0.25) is 9.97 Å². The Kier molecular flexibility index (Phi) is 10.00. The minimum Gasteiger partial charge on any atom is -0.463 e. The molecule has 0 saturated heterocycles. The topological polar surface area (TPSA) is 78.4 Å². The van der Waals surface area contributed by atoms with Gasteiger partial charge in [0, 0.05) is 24.5 Å². The number of carbonyl (C=O) groups excluding carboxylic acids is 2. The first-order chi connectivity index (χ1) is 14.6. The van der Waals surface area contributed by atoms with Gasteiger partial charge < -0.3 is 9.47 Å². The number of hydrogen-bond donors (Lipinski definition) is 0. The molecule has 30 heavy (non-hydrogen) atoms. The molecule has 2 heterocycles. The Morgan fingerprint density at radius 3 is 1.53 bits per heavy atom. The minimum absolute atomic E-state index is 0.355. The van der Waals surface area contributed by atoms with E-state index in [0.717, 1.165) is 36.8 Å². The maximum atomic E-state index is 11.6. The lowest BCUT2D eigenvalue weighted by Crippen LogP contribution is -2.01. The lowest BCUT2D eigenvalue weighted by Gasteiger charge is -2.02. The van der Waals surface area contributed by atoms with Crippen LogP contribution in [0.15, 0.2) is 48.8 Å². The van der Waals surface area contributed by atoms with Gasteiger partial charge in [0.2, 0.25) is 0 Å². The van der Waals surface area contributed by atoms with Crippen LogP contribution >= 0.6 is 0 Å². The van der Waals surface area contributed by atoms with Gasteiger partial charge in [-0.25, -0.2) is 9.59 Å². The van der Waals surface area contributed by atoms with Crippen LogP contribution in [0.2, 0.25) is 0 Å². The van der Waals surface area contributed by atoms with Crippen molar-refractivity contribution in [2.24, 2.45) is 0 Å². The third kappa shape index (κ3) is 8.39. The predicted molar refractivity (Wildman–Crippen MR) is 117 cm³/mol. The fourth-order valence-electron chi connectivity index (χ4n) is 2.37. The van der Waals surface area contributed by atoms with Crippen molar-refractivity contribution in [1.29, 1.82) is 0 Å². The average Bonchev–Trinajstić information content (AvgIpc) is 2.77. The summed E-state index contributed by atoms with van der Waals surface area (Å²) in [5.74, 6) is -0.709. The summed E-state index contributed by atoms with van der Waals surface area (Å²) >= 11 is 0. The lowest BCUT2D eigenvalue weighted by atomic mass is 10.1. The van der Waals surface area contributed by atoms with E-state index in [9.17, 15) is 9.59 Å². The molecule has 0 atom stereocenters. The first-order valence-corrected chi connectivity index (χ1v) is 10.2. The van der Waals surface area contributed by atoms with Gasteiger partial charge in [-0.05, 0) is 48.3 Å². The van der Waals surface area contributed by atoms with Crippen LogP contribution in [-0.2, 0) is 19.1 Å². The van der Waals surface area contributed by atoms with E-state index in [1.54, 1.807) is 24.5 Å². The quantitative estimate of drug-likeness (QED) is 0.300. The molecule has 6 heteroatoms. The highest BCUT2D eigenvalue weighted by Gasteiger charge is 2.02. The molecule has 0 saturated carbocycles. The SMILES string of the molecule is CCCCOC(=O)/C=C/c1ccc(-c2ccc(/C=C/C(=O)OCCCC)cn2)nc1. The molecule has 0 bridgehead atoms. The highest BCUT2D eigenvalue weighted by molar-refractivity contribution is 5.87. The van der Waals surface area contributed by atoms with Gasteiger partial charge in [-0.15, -0.1) is 0 Å². The van der Waals surface area contributed by atoms with Crippen LogP contribution in [0.3, 0.4) is 0 Å². The van der Waals surface area contributed by atoms with Crippen LogP contribution in [0, 0.1) is 0 Å². The van der Waals surface area contributed by atoms with Crippen LogP contribution in [0.5, 0.6) is 0 Å². The molecule has 0 N–H and O–H groups in total. The predicted octanol–water partition coefficient (Wildman–Crippen LogP) is 4.86. The van der Waals surface area contributed by atoms with E-state index < -0.39 is 0 Å². The highest BCUT2D eigenvalue weighted by Crippen LogP contribution is 2.16. The molecule has 2 rings (SSSR count). The van der Waals surface area contributed by atoms with Gasteiger partial charge in [0.25, 0.3) is 0 Å². The lowest BCUT2D eigenvalue weighted by molar-refractivity contribution is -0.138. The summed E-state index contributed by atoms with van der Waals surface area (Å²) in [6.07, 6.45) is 13.2. The molecule has 0 fully saturated rings. The van der Waals surface area contributed by atoms with E-state index in [2.05, 4.69) is 9.97 Å². The summed E-state index contributed by atoms with van der Waals surface area (Å²) in [4.78, 5) is 32.0. The molecule has 0 spiro atoms. The third-order valence-corrected chi connectivity index (χ3v) is 4.14. The Hall–Kier alpha value is -3.28. The summed E-state index contributed by atoms with van der Waals surface area (Å²) in [5.41, 5.74) is 3.03. The van der Waals surface area contributed by atoms with Crippen molar-refractivity contribution in [3.05, 3.63) is 59.9 Å². The molecule has 0 radical (unpaired) electrons. The van der Waals surface area contributed by atoms with E-state index in [1.165, 1.54) is 12.2 Å². The monoisotopic (exact) mass is 408 g/mol. The van der Waals surface area contributed by atoms with Gasteiger partial charge in [0.05, 0.1) is 24.6 Å². The van der Waals surface area contributed by atoms with E-state index in [1.807, 2.05) is 38.1 Å². The Morgan fingerprint density at radius 1 is 0.767 bits per heavy atom. The molecule has 2 aromatic heterocycles. The normalized spacial score (nSPS) is 11.1. The Labute approximate surface area is 177 Å². The molecule has 0 unspecified atom stereocenters. The van der Waals surface area contributed by atoms with Crippen molar-refractivity contribution < 1.29 is 19.1 Å². The van der Waals surface area contributed by atoms with Gasteiger partial charge in [-0.2, -0.15) is 0 Å². The summed E-state index contributed by atoms with van der Waals surface area (Å²) in [5, 5.41) is 0. The van der Waals surface area contributed by atoms with Crippen LogP contribution in [-0.4, -0.2) is 35.1 Å². The number of pyridine rings is 2. The largest absolute Gasteiger partial charge is 0.463 e. The molecule has 0 aliphatic carbocycles. The molecule has 158 valence electrons. The van der Waals surface area contributed by atoms with Crippen LogP contribution in [0.25, 0.3) is 23.5 Å². The second-order valence-corrected chi connectivity index (χ2v) is 6.66. The summed E-state index contributed by atoms with van der Waals surface area (Å²) < 4.78 is 10.2. The maximum absolute atomic E-state index is 11.6. The van der Waals surface area contributed by atoms with Gasteiger partial charge in [0.15, 0.2) is 0 Å². The summed E-state index contributed by atoms with van der Waals surface area (Å²) in [6.45, 7) is 4.96. The second kappa shape index (κ2) is 13.0. The number of nitrogens with zero attached hydrogens (tertiary/aromatic N) is 2. The number of hydrogen-bond acceptors (Lipinski definition) is 6. The number of unbranched alkanes of at least 4 members (excludes halogenated alkanes) is 2. The summed E-state index contributed by atoms with van der Waals surface area (Å²) in [6, 6.07) is 7.40. The number of aromatic nitrogens is 2. The fraction of sp³-hybridized carbons (Fsp3) is 0.333. The van der Waals surface area contributed by atoms with Crippen molar-refractivity contribution in [1.82, 2.24) is 9.97 Å². The number of rotatable bonds is 11. The Bertz CT molecular complexity index is 782. The zero-order valence-corrected chi connectivity index (χ0v) is 17.5. The van der Waals surface area contributed by atoms with Gasteiger partial charge in [0.1, 0.15) is 0 Å². The van der Waals surface area contributed by atoms with Crippen molar-refractivity contribution in [2.45, 2.75) is 39.5 Å². The summed E-state index contributed by atoms with van der Waals surface area (Å²) in [7, 11) is 0. The molecular weight excluding hydrogens is 380 g/mol. The smallest absolute Gasteiger partial charge is 0.330 e. The van der Waals surface area contributed by atoms with Gasteiger partial charge in [-0.1, -0.05) is 38.8 Å². The minimum atomic E-state index is -0.355. The first-order valence-electron chi connectivity index (χ1n) is 10.2. The van der Waals surface area contributed by atoms with E-state index in [-0.39, 0.29) is 11.9 Å². The Morgan fingerprint density at radius 2 is 1.20 bits per heavy atom. The van der Waals surface area contributed by atoms with Gasteiger partial charge >= 0.3 is 11.9 Å². The van der Waals surface area contributed by atoms with Crippen molar-refractivity contribution >= 4 is 24.1 Å². The van der Waals surface area contributed by atoms with Crippen LogP contribution < -0.4 is 0 Å². The molecule has 0 aliphatic rings. The van der Waals surface area contributed by atoms with E-state index in [0.29, 0.717) is 24.6 Å². The van der Waals surface area contributed by atoms with Crippen LogP contribution in [0.1, 0.15) is 50.7 Å². The molecule has 0 aromatic carbocycles. The Balaban J connectivity index is 1.90. The molecule has 2 aromatic rings. The number of ether oxygens (including phenoxy) is 2. The maximum Gasteiger partial charge on any atom is 0.330 e. The molecule has 0 aliphatic heterocycles. The van der Waals surface area contributed by atoms with Crippen molar-refractivity contribution in [2.75, 3.05) is 13.2 Å². The second-order valence-electron chi connectivity index (χ2n) is 6.66. The number of esters is 2. The third-order valence-electron chi connectivity index (χ3n) is 4.14. The zero-order chi connectivity index (χ0) is 21.6. The van der Waals surface area contributed by atoms with E-state index >= 15 is 0 Å². The van der Waals surface area contributed by atoms with Crippen LogP contribution in [0.4, 0.5) is 0 Å². The zero-order valence-electron chi connectivity index (χ0n) is 17.5. The fourth-order valence-corrected chi connectivity index (χ4v) is 2.37. The standard InChI is InChI=1S/C24H28N2O4/c1-3-5-15-29-23(27)13-9-19-7-11-21(25-17-19)22-12-8-20(18-26-22)10-14-24(28)30-16-6-4-2/h7-14,17-18H,3-6,15-16H2,1-2H3/b13-9+,14-10+. The number of carbonyl (C=O) groups is 2. The average molecular weight is 408 g/mol. The highest BCUT2D eigenvalue weighted by atomic mass is 16.5. The van der Waals surface area contributed by atoms with Crippen molar-refractivity contribution in [3.8, 4) is 11.4 Å². The van der Waals surface area contributed by atoms with E-state index in [4.69, 9.17) is 9.47 Å². The molecule has 0 amide bonds. The van der Waals surface area contributed by atoms with Crippen molar-refractivity contribution in [3.63, 3.8) is 0 Å². The molecular formula is C24H28N2O4. The molecule has 6 nitrogen and oxygen atoms in total.